The van der Waals surface area contributed by atoms with Gasteiger partial charge >= 0.3 is 0 Å². The molecule has 3 heteroatoms. The molecule has 0 fully saturated rings. The summed E-state index contributed by atoms with van der Waals surface area (Å²) in [6.07, 6.45) is 3.02. The molecule has 1 heterocycles. The van der Waals surface area contributed by atoms with Crippen LogP contribution in [0, 0.1) is 0 Å². The number of nitrogens with one attached hydrogen (secondary N) is 1. The minimum Gasteiger partial charge on any atom is -0.487 e. The largest absolute Gasteiger partial charge is 0.487 e. The zero-order valence-corrected chi connectivity index (χ0v) is 17.7. The molecule has 0 aromatic heterocycles. The van der Waals surface area contributed by atoms with Crippen LogP contribution in [0.3, 0.4) is 0 Å². The highest BCUT2D eigenvalue weighted by molar-refractivity contribution is 5.79. The van der Waals surface area contributed by atoms with Crippen LogP contribution < -0.4 is 10.1 Å². The molecule has 0 spiro atoms. The summed E-state index contributed by atoms with van der Waals surface area (Å²) in [5, 5.41) is 3.27. The molecule has 154 valence electrons. The number of hydrogen-bond donors (Lipinski definition) is 1. The fraction of sp³-hybridized carbons (Fsp3) is 0.296. The quantitative estimate of drug-likeness (QED) is 0.544. The third-order valence-corrected chi connectivity index (χ3v) is 6.25. The Hall–Kier alpha value is -3.07. The molecule has 30 heavy (non-hydrogen) atoms. The third-order valence-electron chi connectivity index (χ3n) is 6.25. The first-order chi connectivity index (χ1) is 14.6. The van der Waals surface area contributed by atoms with Gasteiger partial charge in [0.2, 0.25) is 5.91 Å². The minimum atomic E-state index is -0.219. The number of amides is 1. The number of hydrogen-bond acceptors (Lipinski definition) is 2. The van der Waals surface area contributed by atoms with E-state index in [1.165, 1.54) is 5.56 Å². The second kappa shape index (κ2) is 8.74. The molecule has 0 aliphatic carbocycles. The molecule has 0 unspecified atom stereocenters. The van der Waals surface area contributed by atoms with Gasteiger partial charge in [0.05, 0.1) is 12.5 Å². The molecule has 3 aromatic carbocycles. The van der Waals surface area contributed by atoms with E-state index >= 15 is 0 Å². The first-order valence-corrected chi connectivity index (χ1v) is 10.8. The maximum absolute atomic E-state index is 12.9. The van der Waals surface area contributed by atoms with Crippen LogP contribution in [-0.4, -0.2) is 11.5 Å². The maximum atomic E-state index is 12.9. The molecule has 1 atom stereocenters. The lowest BCUT2D eigenvalue weighted by Gasteiger charge is -2.41. The molecule has 4 rings (SSSR count). The highest BCUT2D eigenvalue weighted by atomic mass is 16.5. The standard InChI is InChI=1S/C27H29NO2/c1-3-27(4-2)19-24(23-12-8-9-13-25(23)30-27)28-26(29)18-20-14-16-22(17-15-20)21-10-6-5-7-11-21/h5-17,24H,3-4,18-19H2,1-2H3,(H,28,29)/t24-/m0/s1. The van der Waals surface area contributed by atoms with Crippen molar-refractivity contribution in [3.05, 3.63) is 90.0 Å². The zero-order chi connectivity index (χ0) is 21.0. The van der Waals surface area contributed by atoms with E-state index in [1.807, 2.05) is 48.5 Å². The van der Waals surface area contributed by atoms with Crippen LogP contribution in [0.4, 0.5) is 0 Å². The molecule has 0 bridgehead atoms. The molecular weight excluding hydrogens is 370 g/mol. The lowest BCUT2D eigenvalue weighted by Crippen LogP contribution is -2.44. The lowest BCUT2D eigenvalue weighted by atomic mass is 9.83. The van der Waals surface area contributed by atoms with Crippen molar-refractivity contribution in [2.45, 2.75) is 51.2 Å². The predicted molar refractivity (Wildman–Crippen MR) is 121 cm³/mol. The normalized spacial score (nSPS) is 16.9. The number of carbonyl (C=O) groups is 1. The summed E-state index contributed by atoms with van der Waals surface area (Å²) in [6.45, 7) is 4.31. The van der Waals surface area contributed by atoms with Gasteiger partial charge in [0.15, 0.2) is 0 Å². The Kier molecular flexibility index (Phi) is 5.89. The van der Waals surface area contributed by atoms with Gasteiger partial charge in [-0.1, -0.05) is 86.6 Å². The van der Waals surface area contributed by atoms with Gasteiger partial charge in [-0.05, 0) is 35.6 Å². The van der Waals surface area contributed by atoms with Gasteiger partial charge in [0.1, 0.15) is 11.4 Å². The van der Waals surface area contributed by atoms with E-state index in [4.69, 9.17) is 4.74 Å². The molecule has 0 saturated heterocycles. The SMILES string of the molecule is CCC1(CC)C[C@H](NC(=O)Cc2ccc(-c3ccccc3)cc2)c2ccccc2O1. The first kappa shape index (κ1) is 20.2. The second-order valence-corrected chi connectivity index (χ2v) is 8.09. The Morgan fingerprint density at radius 1 is 0.900 bits per heavy atom. The summed E-state index contributed by atoms with van der Waals surface area (Å²) in [7, 11) is 0. The van der Waals surface area contributed by atoms with Crippen molar-refractivity contribution >= 4 is 5.91 Å². The Labute approximate surface area is 179 Å². The van der Waals surface area contributed by atoms with Gasteiger partial charge in [-0.2, -0.15) is 0 Å². The monoisotopic (exact) mass is 399 g/mol. The first-order valence-electron chi connectivity index (χ1n) is 10.8. The van der Waals surface area contributed by atoms with Gasteiger partial charge in [0.25, 0.3) is 0 Å². The molecule has 1 aliphatic heterocycles. The lowest BCUT2D eigenvalue weighted by molar-refractivity contribution is -0.121. The third kappa shape index (κ3) is 4.25. The van der Waals surface area contributed by atoms with Crippen LogP contribution in [0.15, 0.2) is 78.9 Å². The Morgan fingerprint density at radius 3 is 2.23 bits per heavy atom. The maximum Gasteiger partial charge on any atom is 0.224 e. The summed E-state index contributed by atoms with van der Waals surface area (Å²) in [4.78, 5) is 12.9. The van der Waals surface area contributed by atoms with Crippen LogP contribution in [0.2, 0.25) is 0 Å². The van der Waals surface area contributed by atoms with Crippen molar-refractivity contribution < 1.29 is 9.53 Å². The molecule has 1 amide bonds. The number of rotatable bonds is 6. The average Bonchev–Trinajstić information content (AvgIpc) is 2.80. The fourth-order valence-corrected chi connectivity index (χ4v) is 4.31. The topological polar surface area (TPSA) is 38.3 Å². The number of fused-ring (bicyclic) bond motifs is 1. The van der Waals surface area contributed by atoms with Gasteiger partial charge < -0.3 is 10.1 Å². The van der Waals surface area contributed by atoms with E-state index in [0.717, 1.165) is 41.7 Å². The predicted octanol–water partition coefficient (Wildman–Crippen LogP) is 6.09. The highest BCUT2D eigenvalue weighted by Gasteiger charge is 2.38. The number of carbonyl (C=O) groups excluding carboxylic acids is 1. The molecule has 1 aliphatic rings. The van der Waals surface area contributed by atoms with Crippen LogP contribution >= 0.6 is 0 Å². The van der Waals surface area contributed by atoms with Gasteiger partial charge in [-0.15, -0.1) is 0 Å². The van der Waals surface area contributed by atoms with Crippen molar-refractivity contribution in [3.63, 3.8) is 0 Å². The molecule has 0 saturated carbocycles. The Morgan fingerprint density at radius 2 is 1.53 bits per heavy atom. The van der Waals surface area contributed by atoms with E-state index in [2.05, 4.69) is 49.5 Å². The van der Waals surface area contributed by atoms with Gasteiger partial charge in [0, 0.05) is 12.0 Å². The highest BCUT2D eigenvalue weighted by Crippen LogP contribution is 2.42. The van der Waals surface area contributed by atoms with E-state index in [9.17, 15) is 4.79 Å². The van der Waals surface area contributed by atoms with Crippen LogP contribution in [-0.2, 0) is 11.2 Å². The van der Waals surface area contributed by atoms with Crippen molar-refractivity contribution in [2.24, 2.45) is 0 Å². The zero-order valence-electron chi connectivity index (χ0n) is 17.7. The second-order valence-electron chi connectivity index (χ2n) is 8.09. The average molecular weight is 400 g/mol. The fourth-order valence-electron chi connectivity index (χ4n) is 4.31. The smallest absolute Gasteiger partial charge is 0.224 e. The summed E-state index contributed by atoms with van der Waals surface area (Å²) < 4.78 is 6.35. The molecule has 3 nitrogen and oxygen atoms in total. The van der Waals surface area contributed by atoms with Crippen LogP contribution in [0.5, 0.6) is 5.75 Å². The van der Waals surface area contributed by atoms with E-state index < -0.39 is 0 Å². The summed E-state index contributed by atoms with van der Waals surface area (Å²) in [5.41, 5.74) is 4.22. The molecular formula is C27H29NO2. The van der Waals surface area contributed by atoms with E-state index in [1.54, 1.807) is 0 Å². The molecule has 0 radical (unpaired) electrons. The van der Waals surface area contributed by atoms with Gasteiger partial charge in [-0.25, -0.2) is 0 Å². The minimum absolute atomic E-state index is 0.0223. The van der Waals surface area contributed by atoms with Crippen molar-refractivity contribution in [3.8, 4) is 16.9 Å². The molecule has 3 aromatic rings. The number of benzene rings is 3. The van der Waals surface area contributed by atoms with Crippen molar-refractivity contribution in [1.82, 2.24) is 5.32 Å². The van der Waals surface area contributed by atoms with Gasteiger partial charge in [-0.3, -0.25) is 4.79 Å². The van der Waals surface area contributed by atoms with E-state index in [0.29, 0.717) is 6.42 Å². The van der Waals surface area contributed by atoms with Crippen LogP contribution in [0.25, 0.3) is 11.1 Å². The number of ether oxygens (including phenoxy) is 1. The summed E-state index contributed by atoms with van der Waals surface area (Å²) in [6, 6.07) is 26.6. The molecule has 1 N–H and O–H groups in total. The Bertz CT molecular complexity index is 991. The van der Waals surface area contributed by atoms with E-state index in [-0.39, 0.29) is 17.6 Å². The number of para-hydroxylation sites is 1. The van der Waals surface area contributed by atoms with Crippen molar-refractivity contribution in [2.75, 3.05) is 0 Å². The summed E-state index contributed by atoms with van der Waals surface area (Å²) in [5.74, 6) is 0.940. The Balaban J connectivity index is 1.47. The van der Waals surface area contributed by atoms with Crippen molar-refractivity contribution in [1.29, 1.82) is 0 Å². The summed E-state index contributed by atoms with van der Waals surface area (Å²) >= 11 is 0. The van der Waals surface area contributed by atoms with Crippen LogP contribution in [0.1, 0.15) is 50.3 Å².